The summed E-state index contributed by atoms with van der Waals surface area (Å²) in [5, 5.41) is 5.74. The van der Waals surface area contributed by atoms with Crippen LogP contribution in [0.1, 0.15) is 22.4 Å². The highest BCUT2D eigenvalue weighted by Crippen LogP contribution is 2.33. The van der Waals surface area contributed by atoms with Crippen LogP contribution < -0.4 is 14.8 Å². The van der Waals surface area contributed by atoms with Gasteiger partial charge in [-0.15, -0.1) is 11.3 Å². The molecule has 5 nitrogen and oxygen atoms in total. The average molecular weight is 397 g/mol. The van der Waals surface area contributed by atoms with Crippen LogP contribution in [0.5, 0.6) is 11.5 Å². The molecule has 0 unspecified atom stereocenters. The Labute approximate surface area is 169 Å². The molecule has 1 amide bonds. The molecule has 0 radical (unpaired) electrons. The number of benzene rings is 2. The molecule has 0 saturated heterocycles. The molecule has 6 heteroatoms. The lowest BCUT2D eigenvalue weighted by atomic mass is 10.1. The summed E-state index contributed by atoms with van der Waals surface area (Å²) in [7, 11) is 3.21. The van der Waals surface area contributed by atoms with E-state index in [1.165, 1.54) is 22.5 Å². The van der Waals surface area contributed by atoms with Crippen LogP contribution in [0.3, 0.4) is 0 Å². The highest BCUT2D eigenvalue weighted by atomic mass is 32.1. The fourth-order valence-corrected chi connectivity index (χ4v) is 3.77. The molecule has 0 spiro atoms. The van der Waals surface area contributed by atoms with Gasteiger partial charge in [0, 0.05) is 17.5 Å². The van der Waals surface area contributed by atoms with Crippen molar-refractivity contribution in [1.29, 1.82) is 0 Å². The maximum absolute atomic E-state index is 12.3. The van der Waals surface area contributed by atoms with Crippen LogP contribution in [-0.4, -0.2) is 25.1 Å². The Kier molecular flexibility index (Phi) is 6.31. The number of nitrogens with one attached hydrogen (secondary N) is 1. The topological polar surface area (TPSA) is 60.5 Å². The third-order valence-corrected chi connectivity index (χ3v) is 5.44. The minimum Gasteiger partial charge on any atom is -0.493 e. The number of amides is 1. The molecule has 0 fully saturated rings. The van der Waals surface area contributed by atoms with Gasteiger partial charge in [0.15, 0.2) is 11.5 Å². The summed E-state index contributed by atoms with van der Waals surface area (Å²) in [6.07, 6.45) is 0.259. The van der Waals surface area contributed by atoms with Crippen LogP contribution in [0.25, 0.3) is 10.6 Å². The van der Waals surface area contributed by atoms with E-state index in [-0.39, 0.29) is 12.3 Å². The highest BCUT2D eigenvalue weighted by Gasteiger charge is 2.12. The van der Waals surface area contributed by atoms with Gasteiger partial charge in [-0.2, -0.15) is 0 Å². The lowest BCUT2D eigenvalue weighted by Crippen LogP contribution is -2.25. The lowest BCUT2D eigenvalue weighted by Gasteiger charge is -2.08. The number of carbonyl (C=O) groups excluding carboxylic acids is 1. The first-order valence-electron chi connectivity index (χ1n) is 8.99. The zero-order chi connectivity index (χ0) is 20.1. The van der Waals surface area contributed by atoms with E-state index in [1.807, 2.05) is 23.6 Å². The zero-order valence-electron chi connectivity index (χ0n) is 16.5. The van der Waals surface area contributed by atoms with Gasteiger partial charge in [0.2, 0.25) is 5.91 Å². The number of nitrogens with zero attached hydrogens (tertiary/aromatic N) is 1. The van der Waals surface area contributed by atoms with Gasteiger partial charge < -0.3 is 14.8 Å². The zero-order valence-corrected chi connectivity index (χ0v) is 17.4. The van der Waals surface area contributed by atoms with Crippen molar-refractivity contribution in [2.75, 3.05) is 14.2 Å². The molecule has 146 valence electrons. The van der Waals surface area contributed by atoms with Crippen LogP contribution in [0.4, 0.5) is 0 Å². The quantitative estimate of drug-likeness (QED) is 0.647. The number of methoxy groups -OCH3 is 2. The van der Waals surface area contributed by atoms with Crippen molar-refractivity contribution in [2.24, 2.45) is 0 Å². The predicted molar refractivity (Wildman–Crippen MR) is 112 cm³/mol. The molecule has 0 saturated carbocycles. The van der Waals surface area contributed by atoms with E-state index in [2.05, 4.69) is 42.3 Å². The summed E-state index contributed by atoms with van der Waals surface area (Å²) in [6, 6.07) is 11.9. The summed E-state index contributed by atoms with van der Waals surface area (Å²) >= 11 is 1.51. The Balaban J connectivity index is 1.63. The molecule has 0 aliphatic heterocycles. The van der Waals surface area contributed by atoms with Gasteiger partial charge in [0.05, 0.1) is 26.3 Å². The van der Waals surface area contributed by atoms with Crippen molar-refractivity contribution >= 4 is 17.2 Å². The number of rotatable bonds is 7. The smallest absolute Gasteiger partial charge is 0.226 e. The second-order valence-electron chi connectivity index (χ2n) is 6.60. The Bertz CT molecular complexity index is 982. The first-order chi connectivity index (χ1) is 13.5. The second kappa shape index (κ2) is 8.89. The minimum absolute atomic E-state index is 0.0378. The molecule has 2 aromatic carbocycles. The molecular weight excluding hydrogens is 372 g/mol. The maximum Gasteiger partial charge on any atom is 0.226 e. The summed E-state index contributed by atoms with van der Waals surface area (Å²) in [5.41, 5.74) is 5.23. The van der Waals surface area contributed by atoms with Crippen LogP contribution in [-0.2, 0) is 17.8 Å². The highest BCUT2D eigenvalue weighted by molar-refractivity contribution is 7.13. The molecule has 28 heavy (non-hydrogen) atoms. The third kappa shape index (κ3) is 4.70. The van der Waals surface area contributed by atoms with E-state index in [4.69, 9.17) is 9.47 Å². The van der Waals surface area contributed by atoms with Crippen LogP contribution >= 0.6 is 11.3 Å². The normalized spacial score (nSPS) is 10.6. The minimum atomic E-state index is -0.0378. The SMILES string of the molecule is COc1ccc(-c2nc(CC(=O)NCc3ccc(C)cc3C)cs2)cc1OC. The van der Waals surface area contributed by atoms with Crippen molar-refractivity contribution in [3.63, 3.8) is 0 Å². The Morgan fingerprint density at radius 1 is 1.07 bits per heavy atom. The third-order valence-electron chi connectivity index (χ3n) is 4.50. The first-order valence-corrected chi connectivity index (χ1v) is 9.87. The van der Waals surface area contributed by atoms with E-state index in [9.17, 15) is 4.79 Å². The van der Waals surface area contributed by atoms with Crippen molar-refractivity contribution in [1.82, 2.24) is 10.3 Å². The molecule has 0 aliphatic rings. The van der Waals surface area contributed by atoms with Crippen LogP contribution in [0.15, 0.2) is 41.8 Å². The van der Waals surface area contributed by atoms with Gasteiger partial charge >= 0.3 is 0 Å². The predicted octanol–water partition coefficient (Wildman–Crippen LogP) is 4.30. The van der Waals surface area contributed by atoms with Gasteiger partial charge in [-0.3, -0.25) is 4.79 Å². The van der Waals surface area contributed by atoms with Crippen LogP contribution in [0.2, 0.25) is 0 Å². The van der Waals surface area contributed by atoms with E-state index in [1.54, 1.807) is 14.2 Å². The standard InChI is InChI=1S/C22H24N2O3S/c1-14-5-6-17(15(2)9-14)12-23-21(25)11-18-13-28-22(24-18)16-7-8-19(26-3)20(10-16)27-4/h5-10,13H,11-12H2,1-4H3,(H,23,25). The monoisotopic (exact) mass is 396 g/mol. The summed E-state index contributed by atoms with van der Waals surface area (Å²) in [6.45, 7) is 4.65. The Hall–Kier alpha value is -2.86. The number of hydrogen-bond donors (Lipinski definition) is 1. The molecule has 0 aliphatic carbocycles. The number of aryl methyl sites for hydroxylation is 2. The fraction of sp³-hybridized carbons (Fsp3) is 0.273. The lowest BCUT2D eigenvalue weighted by molar-refractivity contribution is -0.120. The second-order valence-corrected chi connectivity index (χ2v) is 7.46. The van der Waals surface area contributed by atoms with Crippen molar-refractivity contribution in [2.45, 2.75) is 26.8 Å². The number of hydrogen-bond acceptors (Lipinski definition) is 5. The Morgan fingerprint density at radius 2 is 1.86 bits per heavy atom. The number of aromatic nitrogens is 1. The molecule has 1 N–H and O–H groups in total. The van der Waals surface area contributed by atoms with Gasteiger partial charge in [0.1, 0.15) is 5.01 Å². The van der Waals surface area contributed by atoms with Gasteiger partial charge in [-0.1, -0.05) is 23.8 Å². The summed E-state index contributed by atoms with van der Waals surface area (Å²) in [5.74, 6) is 1.29. The Morgan fingerprint density at radius 3 is 2.57 bits per heavy atom. The number of thiazole rings is 1. The van der Waals surface area contributed by atoms with Gasteiger partial charge in [0.25, 0.3) is 0 Å². The van der Waals surface area contributed by atoms with E-state index >= 15 is 0 Å². The number of carbonyl (C=O) groups is 1. The molecule has 3 aromatic rings. The fourth-order valence-electron chi connectivity index (χ4n) is 2.95. The van der Waals surface area contributed by atoms with E-state index in [0.29, 0.717) is 18.0 Å². The average Bonchev–Trinajstić information content (AvgIpc) is 3.15. The molecule has 3 rings (SSSR count). The van der Waals surface area contributed by atoms with Crippen molar-refractivity contribution in [3.8, 4) is 22.1 Å². The first kappa shape index (κ1) is 19.9. The maximum atomic E-state index is 12.3. The molecule has 0 atom stereocenters. The molecular formula is C22H24N2O3S. The molecule has 1 heterocycles. The van der Waals surface area contributed by atoms with Gasteiger partial charge in [-0.05, 0) is 43.2 Å². The molecule has 1 aromatic heterocycles. The van der Waals surface area contributed by atoms with E-state index in [0.717, 1.165) is 21.8 Å². The summed E-state index contributed by atoms with van der Waals surface area (Å²) < 4.78 is 10.6. The summed E-state index contributed by atoms with van der Waals surface area (Å²) in [4.78, 5) is 16.9. The van der Waals surface area contributed by atoms with Crippen molar-refractivity contribution < 1.29 is 14.3 Å². The van der Waals surface area contributed by atoms with Crippen molar-refractivity contribution in [3.05, 3.63) is 64.2 Å². The largest absolute Gasteiger partial charge is 0.493 e. The van der Waals surface area contributed by atoms with E-state index < -0.39 is 0 Å². The van der Waals surface area contributed by atoms with Crippen LogP contribution in [0, 0.1) is 13.8 Å². The van der Waals surface area contributed by atoms with Gasteiger partial charge in [-0.25, -0.2) is 4.98 Å². The number of ether oxygens (including phenoxy) is 2. The molecule has 0 bridgehead atoms.